The van der Waals surface area contributed by atoms with Crippen LogP contribution in [0.15, 0.2) is 0 Å². The molecule has 17 heavy (non-hydrogen) atoms. The standard InChI is InChI=1S/C10H9F5IN/c1-4-6(3-16)5(2)8(10(13,14)15)17-7(4)9(11)12/h9H,3H2,1-2H3. The van der Waals surface area contributed by atoms with E-state index in [4.69, 9.17) is 0 Å². The predicted octanol–water partition coefficient (Wildman–Crippen LogP) is 4.59. The number of alkyl halides is 6. The Morgan fingerprint density at radius 1 is 1.18 bits per heavy atom. The van der Waals surface area contributed by atoms with Crippen molar-refractivity contribution in [3.8, 4) is 0 Å². The zero-order valence-electron chi connectivity index (χ0n) is 9.00. The van der Waals surface area contributed by atoms with Crippen molar-refractivity contribution in [1.82, 2.24) is 4.98 Å². The molecule has 0 radical (unpaired) electrons. The van der Waals surface area contributed by atoms with E-state index in [2.05, 4.69) is 4.98 Å². The molecule has 1 nitrogen and oxygen atoms in total. The summed E-state index contributed by atoms with van der Waals surface area (Å²) in [5, 5.41) is 0. The predicted molar refractivity (Wildman–Crippen MR) is 61.4 cm³/mol. The highest BCUT2D eigenvalue weighted by Crippen LogP contribution is 2.36. The second-order valence-electron chi connectivity index (χ2n) is 3.51. The first-order valence-corrected chi connectivity index (χ1v) is 6.14. The van der Waals surface area contributed by atoms with Crippen molar-refractivity contribution in [2.45, 2.75) is 30.9 Å². The van der Waals surface area contributed by atoms with Crippen LogP contribution in [-0.2, 0) is 10.6 Å². The number of halogens is 6. The van der Waals surface area contributed by atoms with E-state index in [0.29, 0.717) is 0 Å². The van der Waals surface area contributed by atoms with Gasteiger partial charge in [-0.05, 0) is 30.5 Å². The normalized spacial score (nSPS) is 12.3. The van der Waals surface area contributed by atoms with Gasteiger partial charge in [-0.3, -0.25) is 0 Å². The van der Waals surface area contributed by atoms with Crippen molar-refractivity contribution in [3.63, 3.8) is 0 Å². The average molecular weight is 365 g/mol. The van der Waals surface area contributed by atoms with E-state index in [1.165, 1.54) is 13.8 Å². The molecular formula is C10H9F5IN. The minimum Gasteiger partial charge on any atom is -0.242 e. The van der Waals surface area contributed by atoms with Crippen LogP contribution in [0.25, 0.3) is 0 Å². The summed E-state index contributed by atoms with van der Waals surface area (Å²) >= 11 is 1.85. The molecule has 0 aliphatic carbocycles. The van der Waals surface area contributed by atoms with Gasteiger partial charge in [-0.2, -0.15) is 13.2 Å². The van der Waals surface area contributed by atoms with Gasteiger partial charge in [-0.15, -0.1) is 0 Å². The summed E-state index contributed by atoms with van der Waals surface area (Å²) in [5.41, 5.74) is -1.66. The van der Waals surface area contributed by atoms with Crippen LogP contribution in [0, 0.1) is 13.8 Å². The van der Waals surface area contributed by atoms with E-state index in [9.17, 15) is 22.0 Å². The molecule has 1 aromatic rings. The number of nitrogens with zero attached hydrogens (tertiary/aromatic N) is 1. The highest BCUT2D eigenvalue weighted by Gasteiger charge is 2.37. The summed E-state index contributed by atoms with van der Waals surface area (Å²) in [4.78, 5) is 3.07. The molecule has 0 amide bonds. The van der Waals surface area contributed by atoms with Crippen LogP contribution in [-0.4, -0.2) is 4.98 Å². The van der Waals surface area contributed by atoms with Crippen molar-refractivity contribution < 1.29 is 22.0 Å². The molecule has 0 N–H and O–H groups in total. The molecule has 0 atom stereocenters. The molecule has 1 heterocycles. The van der Waals surface area contributed by atoms with E-state index in [1.807, 2.05) is 22.6 Å². The first kappa shape index (κ1) is 14.6. The molecule has 0 fully saturated rings. The fourth-order valence-electron chi connectivity index (χ4n) is 1.56. The molecule has 0 saturated heterocycles. The van der Waals surface area contributed by atoms with Crippen LogP contribution in [0.1, 0.15) is 34.5 Å². The maximum absolute atomic E-state index is 12.6. The summed E-state index contributed by atoms with van der Waals surface area (Å²) < 4.78 is 63.4. The monoisotopic (exact) mass is 365 g/mol. The molecular weight excluding hydrogens is 356 g/mol. The van der Waals surface area contributed by atoms with Crippen LogP contribution in [0.3, 0.4) is 0 Å². The van der Waals surface area contributed by atoms with E-state index in [1.54, 1.807) is 0 Å². The summed E-state index contributed by atoms with van der Waals surface area (Å²) in [6.45, 7) is 2.63. The van der Waals surface area contributed by atoms with Crippen molar-refractivity contribution in [1.29, 1.82) is 0 Å². The van der Waals surface area contributed by atoms with Gasteiger partial charge in [0.05, 0.1) is 0 Å². The van der Waals surface area contributed by atoms with Gasteiger partial charge < -0.3 is 0 Å². The van der Waals surface area contributed by atoms with Crippen LogP contribution in [0.4, 0.5) is 22.0 Å². The Balaban J connectivity index is 3.59. The molecule has 0 aliphatic rings. The van der Waals surface area contributed by atoms with Gasteiger partial charge in [0, 0.05) is 4.43 Å². The second kappa shape index (κ2) is 5.03. The largest absolute Gasteiger partial charge is 0.433 e. The minimum absolute atomic E-state index is 0.0752. The first-order valence-electron chi connectivity index (χ1n) is 4.61. The zero-order valence-corrected chi connectivity index (χ0v) is 11.2. The second-order valence-corrected chi connectivity index (χ2v) is 4.27. The number of hydrogen-bond donors (Lipinski definition) is 0. The third-order valence-corrected chi connectivity index (χ3v) is 3.25. The topological polar surface area (TPSA) is 12.9 Å². The van der Waals surface area contributed by atoms with Gasteiger partial charge in [0.15, 0.2) is 0 Å². The lowest BCUT2D eigenvalue weighted by atomic mass is 10.0. The lowest BCUT2D eigenvalue weighted by molar-refractivity contribution is -0.142. The number of rotatable bonds is 2. The lowest BCUT2D eigenvalue weighted by Crippen LogP contribution is -2.15. The molecule has 0 aliphatic heterocycles. The quantitative estimate of drug-likeness (QED) is 0.425. The minimum atomic E-state index is -4.71. The summed E-state index contributed by atoms with van der Waals surface area (Å²) in [6, 6.07) is 0. The SMILES string of the molecule is Cc1c(C(F)F)nc(C(F)(F)F)c(C)c1CI. The van der Waals surface area contributed by atoms with E-state index in [-0.39, 0.29) is 21.1 Å². The summed E-state index contributed by atoms with van der Waals surface area (Å²) in [6.07, 6.45) is -7.71. The van der Waals surface area contributed by atoms with Gasteiger partial charge in [0.2, 0.25) is 0 Å². The van der Waals surface area contributed by atoms with Crippen LogP contribution in [0.2, 0.25) is 0 Å². The summed E-state index contributed by atoms with van der Waals surface area (Å²) in [7, 11) is 0. The Morgan fingerprint density at radius 2 is 1.71 bits per heavy atom. The highest BCUT2D eigenvalue weighted by atomic mass is 127. The fraction of sp³-hybridized carbons (Fsp3) is 0.500. The van der Waals surface area contributed by atoms with Crippen molar-refractivity contribution >= 4 is 22.6 Å². The van der Waals surface area contributed by atoms with E-state index in [0.717, 1.165) is 0 Å². The molecule has 0 saturated carbocycles. The number of aromatic nitrogens is 1. The van der Waals surface area contributed by atoms with Gasteiger partial charge >= 0.3 is 6.18 Å². The molecule has 96 valence electrons. The third kappa shape index (κ3) is 2.86. The Hall–Kier alpha value is -0.470. The Bertz CT molecular complexity index is 428. The molecule has 0 unspecified atom stereocenters. The molecule has 1 rings (SSSR count). The van der Waals surface area contributed by atoms with Crippen molar-refractivity contribution in [3.05, 3.63) is 28.1 Å². The van der Waals surface area contributed by atoms with Gasteiger partial charge in [0.25, 0.3) is 6.43 Å². The molecule has 0 bridgehead atoms. The third-order valence-electron chi connectivity index (χ3n) is 2.49. The molecule has 0 spiro atoms. The van der Waals surface area contributed by atoms with Crippen molar-refractivity contribution in [2.75, 3.05) is 0 Å². The smallest absolute Gasteiger partial charge is 0.242 e. The zero-order chi connectivity index (χ0) is 13.4. The fourth-order valence-corrected chi connectivity index (χ4v) is 2.70. The number of hydrogen-bond acceptors (Lipinski definition) is 1. The van der Waals surface area contributed by atoms with Crippen LogP contribution < -0.4 is 0 Å². The summed E-state index contributed by atoms with van der Waals surface area (Å²) in [5.74, 6) is 0. The first-order chi connectivity index (χ1) is 7.70. The molecule has 0 aromatic carbocycles. The van der Waals surface area contributed by atoms with Crippen molar-refractivity contribution in [2.24, 2.45) is 0 Å². The number of pyridine rings is 1. The van der Waals surface area contributed by atoms with E-state index >= 15 is 0 Å². The Kier molecular flexibility index (Phi) is 4.32. The van der Waals surface area contributed by atoms with E-state index < -0.39 is 24.0 Å². The molecule has 1 aromatic heterocycles. The Labute approximate surface area is 109 Å². The van der Waals surface area contributed by atoms with Gasteiger partial charge in [-0.25, -0.2) is 13.8 Å². The average Bonchev–Trinajstić information content (AvgIpc) is 2.15. The molecule has 7 heteroatoms. The Morgan fingerprint density at radius 3 is 2.06 bits per heavy atom. The highest BCUT2D eigenvalue weighted by molar-refractivity contribution is 14.1. The van der Waals surface area contributed by atoms with Crippen LogP contribution in [0.5, 0.6) is 0 Å². The van der Waals surface area contributed by atoms with Gasteiger partial charge in [0.1, 0.15) is 11.4 Å². The maximum Gasteiger partial charge on any atom is 0.433 e. The van der Waals surface area contributed by atoms with Gasteiger partial charge in [-0.1, -0.05) is 22.6 Å². The maximum atomic E-state index is 12.6. The lowest BCUT2D eigenvalue weighted by Gasteiger charge is -2.17. The van der Waals surface area contributed by atoms with Crippen LogP contribution >= 0.6 is 22.6 Å².